The first-order chi connectivity index (χ1) is 9.13. The highest BCUT2D eigenvalue weighted by Gasteiger charge is 2.28. The highest BCUT2D eigenvalue weighted by Crippen LogP contribution is 2.17. The molecule has 2 N–H and O–H groups in total. The molecule has 2 heterocycles. The summed E-state index contributed by atoms with van der Waals surface area (Å²) in [6.07, 6.45) is 3.05. The van der Waals surface area contributed by atoms with Gasteiger partial charge < -0.3 is 15.2 Å². The smallest absolute Gasteiger partial charge is 0.287 e. The number of hydrogen-bond donors (Lipinski definition) is 2. The van der Waals surface area contributed by atoms with Gasteiger partial charge in [0.25, 0.3) is 11.6 Å². The number of rotatable bonds is 5. The van der Waals surface area contributed by atoms with Crippen molar-refractivity contribution in [3.63, 3.8) is 0 Å². The summed E-state index contributed by atoms with van der Waals surface area (Å²) < 4.78 is 0. The Morgan fingerprint density at radius 2 is 2.35 bits per heavy atom. The minimum atomic E-state index is -0.505. The maximum Gasteiger partial charge on any atom is 0.287 e. The van der Waals surface area contributed by atoms with Crippen LogP contribution in [0.2, 0.25) is 0 Å². The number of nitrogens with one attached hydrogen (secondary N) is 2. The first kappa shape index (κ1) is 16.5. The van der Waals surface area contributed by atoms with Crippen molar-refractivity contribution in [2.45, 2.75) is 25.8 Å². The van der Waals surface area contributed by atoms with Gasteiger partial charge >= 0.3 is 0 Å². The molecular formula is C12H19ClN4O3. The van der Waals surface area contributed by atoms with Crippen LogP contribution in [0.15, 0.2) is 12.3 Å². The number of aromatic nitrogens is 1. The average molecular weight is 303 g/mol. The van der Waals surface area contributed by atoms with Gasteiger partial charge in [-0.2, -0.15) is 0 Å². The molecule has 0 aliphatic carbocycles. The van der Waals surface area contributed by atoms with E-state index in [0.29, 0.717) is 6.54 Å². The zero-order valence-corrected chi connectivity index (χ0v) is 12.1. The summed E-state index contributed by atoms with van der Waals surface area (Å²) >= 11 is 0. The molecule has 1 aliphatic heterocycles. The van der Waals surface area contributed by atoms with E-state index in [0.717, 1.165) is 25.9 Å². The van der Waals surface area contributed by atoms with Gasteiger partial charge in [-0.15, -0.1) is 12.4 Å². The van der Waals surface area contributed by atoms with Crippen molar-refractivity contribution in [1.82, 2.24) is 15.2 Å². The number of amides is 1. The molecule has 1 aromatic rings. The molecule has 7 nitrogen and oxygen atoms in total. The second kappa shape index (κ2) is 7.25. The lowest BCUT2D eigenvalue weighted by Crippen LogP contribution is -2.42. The molecule has 8 heteroatoms. The van der Waals surface area contributed by atoms with Gasteiger partial charge in [-0.1, -0.05) is 6.92 Å². The van der Waals surface area contributed by atoms with Crippen LogP contribution in [0.25, 0.3) is 0 Å². The first-order valence-corrected chi connectivity index (χ1v) is 6.48. The van der Waals surface area contributed by atoms with Crippen LogP contribution in [0.3, 0.4) is 0 Å². The molecule has 0 aromatic carbocycles. The zero-order chi connectivity index (χ0) is 13.8. The van der Waals surface area contributed by atoms with Gasteiger partial charge in [-0.3, -0.25) is 14.9 Å². The summed E-state index contributed by atoms with van der Waals surface area (Å²) in [7, 11) is 0. The molecule has 0 saturated carbocycles. The summed E-state index contributed by atoms with van der Waals surface area (Å²) in [5.41, 5.74) is 0.205. The summed E-state index contributed by atoms with van der Waals surface area (Å²) in [5.74, 6) is -0.163. The monoisotopic (exact) mass is 302 g/mol. The Kier molecular flexibility index (Phi) is 5.97. The number of carbonyl (C=O) groups is 1. The van der Waals surface area contributed by atoms with Crippen molar-refractivity contribution < 1.29 is 9.72 Å². The van der Waals surface area contributed by atoms with Crippen molar-refractivity contribution in [1.29, 1.82) is 0 Å². The van der Waals surface area contributed by atoms with E-state index in [9.17, 15) is 14.9 Å². The van der Waals surface area contributed by atoms with Crippen LogP contribution in [0.4, 0.5) is 5.69 Å². The Bertz CT molecular complexity index is 471. The van der Waals surface area contributed by atoms with E-state index in [1.165, 1.54) is 12.3 Å². The number of halogens is 1. The van der Waals surface area contributed by atoms with Crippen LogP contribution < -0.4 is 5.32 Å². The lowest BCUT2D eigenvalue weighted by atomic mass is 10.2. The Hall–Kier alpha value is -1.60. The minimum Gasteiger partial charge on any atom is -0.351 e. The third-order valence-corrected chi connectivity index (χ3v) is 3.31. The molecule has 0 spiro atoms. The highest BCUT2D eigenvalue weighted by atomic mass is 35.5. The first-order valence-electron chi connectivity index (χ1n) is 6.48. The maximum absolute atomic E-state index is 12.4. The highest BCUT2D eigenvalue weighted by molar-refractivity contribution is 5.93. The van der Waals surface area contributed by atoms with Crippen molar-refractivity contribution in [2.24, 2.45) is 0 Å². The second-order valence-corrected chi connectivity index (χ2v) is 4.67. The molecule has 2 rings (SSSR count). The summed E-state index contributed by atoms with van der Waals surface area (Å²) in [6.45, 7) is 4.37. The van der Waals surface area contributed by atoms with E-state index in [1.54, 1.807) is 4.90 Å². The second-order valence-electron chi connectivity index (χ2n) is 4.67. The molecular weight excluding hydrogens is 284 g/mol. The average Bonchev–Trinajstić information content (AvgIpc) is 3.05. The van der Waals surface area contributed by atoms with Crippen molar-refractivity contribution >= 4 is 24.0 Å². The Labute approximate surface area is 123 Å². The molecule has 1 aliphatic rings. The molecule has 1 fully saturated rings. The third kappa shape index (κ3) is 3.49. The summed E-state index contributed by atoms with van der Waals surface area (Å²) in [6, 6.07) is 1.47. The molecule has 20 heavy (non-hydrogen) atoms. The summed E-state index contributed by atoms with van der Waals surface area (Å²) in [4.78, 5) is 27.0. The Balaban J connectivity index is 0.00000200. The normalized spacial score (nSPS) is 17.6. The van der Waals surface area contributed by atoms with Crippen LogP contribution in [0, 0.1) is 10.1 Å². The van der Waals surface area contributed by atoms with E-state index in [-0.39, 0.29) is 35.7 Å². The fourth-order valence-electron chi connectivity index (χ4n) is 2.36. The largest absolute Gasteiger partial charge is 0.351 e. The number of aromatic amines is 1. The minimum absolute atomic E-state index is 0. The quantitative estimate of drug-likeness (QED) is 0.638. The van der Waals surface area contributed by atoms with Crippen LogP contribution in [-0.4, -0.2) is 46.4 Å². The van der Waals surface area contributed by atoms with Gasteiger partial charge in [0, 0.05) is 25.2 Å². The van der Waals surface area contributed by atoms with Gasteiger partial charge in [-0.05, 0) is 19.4 Å². The van der Waals surface area contributed by atoms with Gasteiger partial charge in [0.2, 0.25) is 0 Å². The standard InChI is InChI=1S/C12H18N4O3.ClH/c1-2-5-15(9-3-4-13-7-9)12(17)11-6-10(8-14-11)16(18)19;/h6,8-9,13-14H,2-5,7H2,1H3;1H. The molecule has 1 atom stereocenters. The molecule has 1 aromatic heterocycles. The Morgan fingerprint density at radius 1 is 1.60 bits per heavy atom. The van der Waals surface area contributed by atoms with E-state index >= 15 is 0 Å². The number of nitro groups is 1. The number of carbonyl (C=O) groups excluding carboxylic acids is 1. The number of H-pyrrole nitrogens is 1. The molecule has 1 saturated heterocycles. The third-order valence-electron chi connectivity index (χ3n) is 3.31. The van der Waals surface area contributed by atoms with E-state index in [4.69, 9.17) is 0 Å². The molecule has 112 valence electrons. The summed E-state index contributed by atoms with van der Waals surface area (Å²) in [5, 5.41) is 13.9. The van der Waals surface area contributed by atoms with Gasteiger partial charge in [0.05, 0.1) is 11.1 Å². The van der Waals surface area contributed by atoms with Crippen molar-refractivity contribution in [3.8, 4) is 0 Å². The number of hydrogen-bond acceptors (Lipinski definition) is 4. The SMILES string of the molecule is CCCN(C(=O)c1cc([N+](=O)[O-])c[nH]1)C1CCNC1.Cl. The van der Waals surface area contributed by atoms with Gasteiger partial charge in [0.1, 0.15) is 5.69 Å². The maximum atomic E-state index is 12.4. The number of nitrogens with zero attached hydrogens (tertiary/aromatic N) is 2. The van der Waals surface area contributed by atoms with E-state index in [1.807, 2.05) is 6.92 Å². The fourth-order valence-corrected chi connectivity index (χ4v) is 2.36. The predicted octanol–water partition coefficient (Wildman–Crippen LogP) is 1.56. The molecule has 0 radical (unpaired) electrons. The Morgan fingerprint density at radius 3 is 2.85 bits per heavy atom. The van der Waals surface area contributed by atoms with E-state index in [2.05, 4.69) is 10.3 Å². The lowest BCUT2D eigenvalue weighted by molar-refractivity contribution is -0.384. The fraction of sp³-hybridized carbons (Fsp3) is 0.583. The van der Waals surface area contributed by atoms with E-state index < -0.39 is 4.92 Å². The van der Waals surface area contributed by atoms with Crippen LogP contribution in [-0.2, 0) is 0 Å². The zero-order valence-electron chi connectivity index (χ0n) is 11.3. The van der Waals surface area contributed by atoms with Crippen molar-refractivity contribution in [2.75, 3.05) is 19.6 Å². The van der Waals surface area contributed by atoms with Crippen LogP contribution in [0.1, 0.15) is 30.3 Å². The van der Waals surface area contributed by atoms with Crippen molar-refractivity contribution in [3.05, 3.63) is 28.1 Å². The predicted molar refractivity (Wildman–Crippen MR) is 77.3 cm³/mol. The van der Waals surface area contributed by atoms with Crippen LogP contribution >= 0.6 is 12.4 Å². The lowest BCUT2D eigenvalue weighted by Gasteiger charge is -2.27. The molecule has 1 unspecified atom stereocenters. The van der Waals surface area contributed by atoms with Crippen LogP contribution in [0.5, 0.6) is 0 Å². The van der Waals surface area contributed by atoms with Gasteiger partial charge in [-0.25, -0.2) is 0 Å². The molecule has 0 bridgehead atoms. The van der Waals surface area contributed by atoms with Gasteiger partial charge in [0.15, 0.2) is 0 Å². The topological polar surface area (TPSA) is 91.3 Å². The molecule has 1 amide bonds.